The van der Waals surface area contributed by atoms with E-state index in [2.05, 4.69) is 4.98 Å². The lowest BCUT2D eigenvalue weighted by Crippen LogP contribution is -2.35. The number of rotatable bonds is 7. The summed E-state index contributed by atoms with van der Waals surface area (Å²) in [7, 11) is 0. The second kappa shape index (κ2) is 7.66. The monoisotopic (exact) mass is 358 g/mol. The third-order valence-corrected chi connectivity index (χ3v) is 4.52. The van der Waals surface area contributed by atoms with Crippen molar-refractivity contribution in [3.05, 3.63) is 64.4 Å². The van der Waals surface area contributed by atoms with Gasteiger partial charge in [-0.1, -0.05) is 23.7 Å². The first kappa shape index (κ1) is 17.4. The average molecular weight is 359 g/mol. The third kappa shape index (κ3) is 4.79. The molecule has 1 aliphatic carbocycles. The van der Waals surface area contributed by atoms with Crippen LogP contribution in [0, 0.1) is 5.92 Å². The SMILES string of the molecule is O=C(O)c1cc(C(=O)N(CCc2ccc(Cl)cc2)CC2CC2)ccn1. The first-order valence-corrected chi connectivity index (χ1v) is 8.64. The number of aromatic nitrogens is 1. The molecule has 0 bridgehead atoms. The van der Waals surface area contributed by atoms with Gasteiger partial charge in [-0.3, -0.25) is 4.79 Å². The number of aromatic carboxylic acids is 1. The Labute approximate surface area is 151 Å². The number of amides is 1. The van der Waals surface area contributed by atoms with E-state index in [4.69, 9.17) is 16.7 Å². The van der Waals surface area contributed by atoms with Gasteiger partial charge in [-0.05, 0) is 55.0 Å². The van der Waals surface area contributed by atoms with Crippen LogP contribution in [0.25, 0.3) is 0 Å². The topological polar surface area (TPSA) is 70.5 Å². The Morgan fingerprint density at radius 3 is 2.56 bits per heavy atom. The summed E-state index contributed by atoms with van der Waals surface area (Å²) in [4.78, 5) is 29.5. The van der Waals surface area contributed by atoms with Crippen molar-refractivity contribution in [1.82, 2.24) is 9.88 Å². The van der Waals surface area contributed by atoms with Gasteiger partial charge in [0.2, 0.25) is 0 Å². The van der Waals surface area contributed by atoms with Gasteiger partial charge < -0.3 is 10.0 Å². The number of carbonyl (C=O) groups is 2. The van der Waals surface area contributed by atoms with Crippen molar-refractivity contribution >= 4 is 23.5 Å². The number of hydrogen-bond donors (Lipinski definition) is 1. The lowest BCUT2D eigenvalue weighted by Gasteiger charge is -2.23. The van der Waals surface area contributed by atoms with E-state index >= 15 is 0 Å². The summed E-state index contributed by atoms with van der Waals surface area (Å²) in [6.45, 7) is 1.29. The van der Waals surface area contributed by atoms with Crippen LogP contribution in [0.2, 0.25) is 5.02 Å². The van der Waals surface area contributed by atoms with Crippen LogP contribution < -0.4 is 0 Å². The minimum atomic E-state index is -1.13. The Kier molecular flexibility index (Phi) is 5.34. The summed E-state index contributed by atoms with van der Waals surface area (Å²) < 4.78 is 0. The number of carbonyl (C=O) groups excluding carboxylic acids is 1. The maximum atomic E-state index is 12.8. The fraction of sp³-hybridized carbons (Fsp3) is 0.316. The normalized spacial score (nSPS) is 13.5. The molecule has 0 aliphatic heterocycles. The molecule has 6 heteroatoms. The van der Waals surface area contributed by atoms with E-state index in [1.165, 1.54) is 12.3 Å². The number of benzene rings is 1. The highest BCUT2D eigenvalue weighted by Crippen LogP contribution is 2.30. The molecule has 1 N–H and O–H groups in total. The van der Waals surface area contributed by atoms with Gasteiger partial charge in [0, 0.05) is 29.9 Å². The van der Waals surface area contributed by atoms with Crippen LogP contribution in [0.5, 0.6) is 0 Å². The van der Waals surface area contributed by atoms with Gasteiger partial charge in [0.15, 0.2) is 0 Å². The van der Waals surface area contributed by atoms with Gasteiger partial charge in [0.25, 0.3) is 5.91 Å². The van der Waals surface area contributed by atoms with E-state index in [0.29, 0.717) is 29.6 Å². The van der Waals surface area contributed by atoms with E-state index in [0.717, 1.165) is 24.8 Å². The van der Waals surface area contributed by atoms with Crippen LogP contribution in [0.4, 0.5) is 0 Å². The van der Waals surface area contributed by atoms with Crippen LogP contribution in [-0.4, -0.2) is 40.0 Å². The molecule has 1 fully saturated rings. The zero-order chi connectivity index (χ0) is 17.8. The van der Waals surface area contributed by atoms with E-state index in [1.54, 1.807) is 6.07 Å². The highest BCUT2D eigenvalue weighted by atomic mass is 35.5. The standard InChI is InChI=1S/C19H19ClN2O3/c20-16-5-3-13(4-6-16)8-10-22(12-14-1-2-14)18(23)15-7-9-21-17(11-15)19(24)25/h3-7,9,11,14H,1-2,8,10,12H2,(H,24,25). The maximum Gasteiger partial charge on any atom is 0.354 e. The molecule has 1 aromatic heterocycles. The zero-order valence-electron chi connectivity index (χ0n) is 13.7. The molecule has 0 radical (unpaired) electrons. The fourth-order valence-electron chi connectivity index (χ4n) is 2.67. The fourth-order valence-corrected chi connectivity index (χ4v) is 2.79. The summed E-state index contributed by atoms with van der Waals surface area (Å²) in [6, 6.07) is 10.5. The van der Waals surface area contributed by atoms with Crippen LogP contribution in [0.15, 0.2) is 42.6 Å². The summed E-state index contributed by atoms with van der Waals surface area (Å²) in [6.07, 6.45) is 4.38. The quantitative estimate of drug-likeness (QED) is 0.822. The molecule has 5 nitrogen and oxygen atoms in total. The van der Waals surface area contributed by atoms with Crippen LogP contribution in [-0.2, 0) is 6.42 Å². The lowest BCUT2D eigenvalue weighted by molar-refractivity contribution is 0.0690. The smallest absolute Gasteiger partial charge is 0.354 e. The Morgan fingerprint density at radius 1 is 1.20 bits per heavy atom. The van der Waals surface area contributed by atoms with Gasteiger partial charge in [-0.15, -0.1) is 0 Å². The predicted octanol–water partition coefficient (Wildman–Crippen LogP) is 3.53. The molecular weight excluding hydrogens is 340 g/mol. The van der Waals surface area contributed by atoms with Crippen molar-refractivity contribution in [3.63, 3.8) is 0 Å². The molecule has 0 unspecified atom stereocenters. The summed E-state index contributed by atoms with van der Waals surface area (Å²) in [5.41, 5.74) is 1.36. The minimum absolute atomic E-state index is 0.116. The molecule has 1 aliphatic rings. The van der Waals surface area contributed by atoms with Gasteiger partial charge >= 0.3 is 5.97 Å². The number of hydrogen-bond acceptors (Lipinski definition) is 3. The Balaban J connectivity index is 1.72. The van der Waals surface area contributed by atoms with E-state index in [-0.39, 0.29) is 11.6 Å². The first-order valence-electron chi connectivity index (χ1n) is 8.26. The average Bonchev–Trinajstić information content (AvgIpc) is 3.43. The van der Waals surface area contributed by atoms with Crippen LogP contribution in [0.1, 0.15) is 39.3 Å². The Hall–Kier alpha value is -2.40. The second-order valence-corrected chi connectivity index (χ2v) is 6.74. The summed E-state index contributed by atoms with van der Waals surface area (Å²) in [5, 5.41) is 9.75. The largest absolute Gasteiger partial charge is 0.477 e. The number of carboxylic acids is 1. The van der Waals surface area contributed by atoms with E-state index in [9.17, 15) is 9.59 Å². The van der Waals surface area contributed by atoms with Crippen molar-refractivity contribution in [2.45, 2.75) is 19.3 Å². The second-order valence-electron chi connectivity index (χ2n) is 6.31. The molecule has 130 valence electrons. The molecule has 3 rings (SSSR count). The van der Waals surface area contributed by atoms with Crippen LogP contribution >= 0.6 is 11.6 Å². The van der Waals surface area contributed by atoms with E-state index in [1.807, 2.05) is 29.2 Å². The highest BCUT2D eigenvalue weighted by molar-refractivity contribution is 6.30. The molecule has 1 amide bonds. The molecule has 0 saturated heterocycles. The van der Waals surface area contributed by atoms with Crippen molar-refractivity contribution in [2.24, 2.45) is 5.92 Å². The van der Waals surface area contributed by atoms with Crippen LogP contribution in [0.3, 0.4) is 0 Å². The van der Waals surface area contributed by atoms with Crippen molar-refractivity contribution in [1.29, 1.82) is 0 Å². The predicted molar refractivity (Wildman–Crippen MR) is 95.0 cm³/mol. The zero-order valence-corrected chi connectivity index (χ0v) is 14.4. The van der Waals surface area contributed by atoms with Crippen molar-refractivity contribution in [3.8, 4) is 0 Å². The van der Waals surface area contributed by atoms with Gasteiger partial charge in [-0.2, -0.15) is 0 Å². The number of carboxylic acid groups (broad SMARTS) is 1. The molecule has 25 heavy (non-hydrogen) atoms. The third-order valence-electron chi connectivity index (χ3n) is 4.27. The molecule has 1 aromatic carbocycles. The molecule has 2 aromatic rings. The van der Waals surface area contributed by atoms with E-state index < -0.39 is 5.97 Å². The van der Waals surface area contributed by atoms with Crippen molar-refractivity contribution in [2.75, 3.05) is 13.1 Å². The summed E-state index contributed by atoms with van der Waals surface area (Å²) in [5.74, 6) is -0.731. The number of pyridine rings is 1. The number of halogens is 1. The van der Waals surface area contributed by atoms with Crippen molar-refractivity contribution < 1.29 is 14.7 Å². The summed E-state index contributed by atoms with van der Waals surface area (Å²) >= 11 is 5.90. The number of nitrogens with zero attached hydrogens (tertiary/aromatic N) is 2. The Bertz CT molecular complexity index is 772. The van der Waals surface area contributed by atoms with Gasteiger partial charge in [0.1, 0.15) is 5.69 Å². The maximum absolute atomic E-state index is 12.8. The van der Waals surface area contributed by atoms with Gasteiger partial charge in [0.05, 0.1) is 0 Å². The molecule has 1 heterocycles. The first-order chi connectivity index (χ1) is 12.0. The highest BCUT2D eigenvalue weighted by Gasteiger charge is 2.27. The molecule has 0 atom stereocenters. The molecular formula is C19H19ClN2O3. The molecule has 1 saturated carbocycles. The Morgan fingerprint density at radius 2 is 1.92 bits per heavy atom. The molecule has 0 spiro atoms. The lowest BCUT2D eigenvalue weighted by atomic mass is 10.1. The minimum Gasteiger partial charge on any atom is -0.477 e. The van der Waals surface area contributed by atoms with Gasteiger partial charge in [-0.25, -0.2) is 9.78 Å².